The van der Waals surface area contributed by atoms with Gasteiger partial charge in [-0.1, -0.05) is 298 Å². The average molecular weight is 1100 g/mol. The van der Waals surface area contributed by atoms with Gasteiger partial charge in [0.2, 0.25) is 0 Å². The second kappa shape index (κ2) is 67.1. The van der Waals surface area contributed by atoms with Crippen LogP contribution in [-0.2, 0) is 28.6 Å². The molecule has 0 aromatic carbocycles. The van der Waals surface area contributed by atoms with Crippen LogP contribution in [0.5, 0.6) is 0 Å². The van der Waals surface area contributed by atoms with Gasteiger partial charge in [-0.05, 0) is 109 Å². The van der Waals surface area contributed by atoms with Gasteiger partial charge in [0.25, 0.3) is 0 Å². The third-order valence-corrected chi connectivity index (χ3v) is 14.9. The van der Waals surface area contributed by atoms with Crippen molar-refractivity contribution < 1.29 is 28.6 Å². The van der Waals surface area contributed by atoms with Gasteiger partial charge >= 0.3 is 17.9 Å². The van der Waals surface area contributed by atoms with Crippen LogP contribution in [0.4, 0.5) is 0 Å². The summed E-state index contributed by atoms with van der Waals surface area (Å²) in [7, 11) is 0. The van der Waals surface area contributed by atoms with E-state index in [1.807, 2.05) is 0 Å². The molecule has 0 spiro atoms. The maximum atomic E-state index is 12.9. The number of esters is 3. The van der Waals surface area contributed by atoms with E-state index in [0.717, 1.165) is 109 Å². The number of unbranched alkanes of at least 4 members (excludes halogenated alkanes) is 37. The molecular weight excluding hydrogens is 973 g/mol. The summed E-state index contributed by atoms with van der Waals surface area (Å²) in [6.45, 7) is 6.45. The first kappa shape index (κ1) is 75.6. The van der Waals surface area contributed by atoms with Crippen molar-refractivity contribution in [3.05, 3.63) is 85.1 Å². The summed E-state index contributed by atoms with van der Waals surface area (Å²) < 4.78 is 17.0. The van der Waals surface area contributed by atoms with E-state index in [9.17, 15) is 14.4 Å². The highest BCUT2D eigenvalue weighted by atomic mass is 16.6. The van der Waals surface area contributed by atoms with Gasteiger partial charge < -0.3 is 14.2 Å². The van der Waals surface area contributed by atoms with Gasteiger partial charge in [-0.15, -0.1) is 0 Å². The smallest absolute Gasteiger partial charge is 0.306 e. The van der Waals surface area contributed by atoms with E-state index in [1.54, 1.807) is 0 Å². The van der Waals surface area contributed by atoms with E-state index in [2.05, 4.69) is 106 Å². The average Bonchev–Trinajstić information content (AvgIpc) is 3.45. The maximum Gasteiger partial charge on any atom is 0.306 e. The molecule has 456 valence electrons. The van der Waals surface area contributed by atoms with Crippen LogP contribution in [0.15, 0.2) is 85.1 Å². The Morgan fingerprint density at radius 1 is 0.266 bits per heavy atom. The van der Waals surface area contributed by atoms with Gasteiger partial charge in [0, 0.05) is 19.3 Å². The SMILES string of the molecule is CC/C=C\C/C=C\C/C=C\CCCCCCCCCC(=O)OCC(COC(=O)CCCCCCCCCCCCCCCCC/C=C\CCCCCCCCCC)OC(=O)CCCCCCCCC/C=C\C/C=C\C/C=C\CC. The largest absolute Gasteiger partial charge is 0.462 e. The molecule has 79 heavy (non-hydrogen) atoms. The van der Waals surface area contributed by atoms with Crippen molar-refractivity contribution in [2.24, 2.45) is 0 Å². The molecule has 0 aromatic heterocycles. The fraction of sp³-hybridized carbons (Fsp3) is 0.767. The highest BCUT2D eigenvalue weighted by molar-refractivity contribution is 5.71. The first-order chi connectivity index (χ1) is 39.0. The zero-order chi connectivity index (χ0) is 57.1. The van der Waals surface area contributed by atoms with Crippen molar-refractivity contribution in [2.75, 3.05) is 13.2 Å². The van der Waals surface area contributed by atoms with Crippen LogP contribution < -0.4 is 0 Å². The van der Waals surface area contributed by atoms with E-state index in [0.29, 0.717) is 19.3 Å². The summed E-state index contributed by atoms with van der Waals surface area (Å²) in [6, 6.07) is 0. The molecule has 1 unspecified atom stereocenters. The Labute approximate surface area is 490 Å². The molecule has 0 heterocycles. The number of hydrogen-bond acceptors (Lipinski definition) is 6. The first-order valence-electron chi connectivity index (χ1n) is 34.1. The third-order valence-electron chi connectivity index (χ3n) is 14.9. The van der Waals surface area contributed by atoms with Crippen molar-refractivity contribution >= 4 is 17.9 Å². The second-order valence-electron chi connectivity index (χ2n) is 22.7. The summed E-state index contributed by atoms with van der Waals surface area (Å²) in [5.41, 5.74) is 0. The van der Waals surface area contributed by atoms with E-state index in [-0.39, 0.29) is 31.1 Å². The molecule has 0 bridgehead atoms. The van der Waals surface area contributed by atoms with Crippen LogP contribution in [0.2, 0.25) is 0 Å². The van der Waals surface area contributed by atoms with Crippen molar-refractivity contribution in [3.8, 4) is 0 Å². The van der Waals surface area contributed by atoms with Crippen LogP contribution in [0, 0.1) is 0 Å². The van der Waals surface area contributed by atoms with Crippen molar-refractivity contribution in [1.29, 1.82) is 0 Å². The second-order valence-corrected chi connectivity index (χ2v) is 22.7. The predicted octanol–water partition coefficient (Wildman–Crippen LogP) is 23.4. The van der Waals surface area contributed by atoms with Gasteiger partial charge in [0.1, 0.15) is 13.2 Å². The van der Waals surface area contributed by atoms with E-state index >= 15 is 0 Å². The summed E-state index contributed by atoms with van der Waals surface area (Å²) in [6.07, 6.45) is 88.9. The topological polar surface area (TPSA) is 78.9 Å². The number of allylic oxidation sites excluding steroid dienone is 14. The molecule has 0 saturated heterocycles. The Morgan fingerprint density at radius 3 is 0.785 bits per heavy atom. The minimum atomic E-state index is -0.788. The van der Waals surface area contributed by atoms with Crippen LogP contribution in [-0.4, -0.2) is 37.2 Å². The normalized spacial score (nSPS) is 12.6. The molecule has 0 rings (SSSR count). The molecule has 6 nitrogen and oxygen atoms in total. The molecule has 0 aliphatic carbocycles. The lowest BCUT2D eigenvalue weighted by Gasteiger charge is -2.18. The first-order valence-corrected chi connectivity index (χ1v) is 34.1. The van der Waals surface area contributed by atoms with Crippen molar-refractivity contribution in [2.45, 2.75) is 348 Å². The lowest BCUT2D eigenvalue weighted by Crippen LogP contribution is -2.30. The molecule has 0 aromatic rings. The molecule has 0 saturated carbocycles. The van der Waals surface area contributed by atoms with Gasteiger partial charge in [-0.3, -0.25) is 14.4 Å². The van der Waals surface area contributed by atoms with Gasteiger partial charge in [0.15, 0.2) is 6.10 Å². The summed E-state index contributed by atoms with van der Waals surface area (Å²) in [5.74, 6) is -0.886. The molecule has 6 heteroatoms. The highest BCUT2D eigenvalue weighted by Gasteiger charge is 2.19. The van der Waals surface area contributed by atoms with E-state index in [1.165, 1.54) is 193 Å². The Morgan fingerprint density at radius 2 is 0.494 bits per heavy atom. The number of hydrogen-bond donors (Lipinski definition) is 0. The molecule has 0 amide bonds. The summed E-state index contributed by atoms with van der Waals surface area (Å²) in [5, 5.41) is 0. The predicted molar refractivity (Wildman–Crippen MR) is 344 cm³/mol. The Hall–Kier alpha value is -3.41. The van der Waals surface area contributed by atoms with Gasteiger partial charge in [0.05, 0.1) is 0 Å². The fourth-order valence-corrected chi connectivity index (χ4v) is 9.82. The van der Waals surface area contributed by atoms with Crippen LogP contribution >= 0.6 is 0 Å². The molecular formula is C73H128O6. The molecule has 0 N–H and O–H groups in total. The lowest BCUT2D eigenvalue weighted by atomic mass is 10.0. The quantitative estimate of drug-likeness (QED) is 0.0261. The highest BCUT2D eigenvalue weighted by Crippen LogP contribution is 2.17. The Kier molecular flexibility index (Phi) is 64.2. The van der Waals surface area contributed by atoms with Crippen molar-refractivity contribution in [3.63, 3.8) is 0 Å². The standard InChI is InChI=1S/C73H128O6/c1-4-7-10-13-16-19-22-25-28-31-32-33-34-35-36-37-38-39-40-43-45-48-51-54-57-60-63-66-72(75)78-69-70(79-73(76)67-64-61-58-55-52-49-46-42-30-27-24-21-18-15-12-9-6-3)68-77-71(74)65-62-59-56-53-50-47-44-41-29-26-23-20-17-14-11-8-5-2/h8-9,11-12,17-18,20-21,26-27,29-32,70H,4-7,10,13-16,19,22-25,28,33-69H2,1-3H3/b11-8-,12-9-,20-17-,21-18-,29-26-,30-27-,32-31-. The Bertz CT molecular complexity index is 1500. The summed E-state index contributed by atoms with van der Waals surface area (Å²) in [4.78, 5) is 38.4. The number of rotatable bonds is 62. The number of carbonyl (C=O) groups is 3. The van der Waals surface area contributed by atoms with E-state index < -0.39 is 6.10 Å². The fourth-order valence-electron chi connectivity index (χ4n) is 9.82. The lowest BCUT2D eigenvalue weighted by molar-refractivity contribution is -0.167. The molecule has 0 aliphatic heterocycles. The molecule has 0 radical (unpaired) electrons. The maximum absolute atomic E-state index is 12.9. The zero-order valence-corrected chi connectivity index (χ0v) is 52.4. The zero-order valence-electron chi connectivity index (χ0n) is 52.4. The Balaban J connectivity index is 4.29. The number of carbonyl (C=O) groups excluding carboxylic acids is 3. The van der Waals surface area contributed by atoms with Crippen LogP contribution in [0.1, 0.15) is 342 Å². The van der Waals surface area contributed by atoms with Crippen molar-refractivity contribution in [1.82, 2.24) is 0 Å². The monoisotopic (exact) mass is 1100 g/mol. The van der Waals surface area contributed by atoms with Gasteiger partial charge in [-0.2, -0.15) is 0 Å². The molecule has 0 aliphatic rings. The minimum absolute atomic E-state index is 0.0819. The summed E-state index contributed by atoms with van der Waals surface area (Å²) >= 11 is 0. The van der Waals surface area contributed by atoms with Crippen LogP contribution in [0.25, 0.3) is 0 Å². The van der Waals surface area contributed by atoms with Gasteiger partial charge in [-0.25, -0.2) is 0 Å². The van der Waals surface area contributed by atoms with Crippen LogP contribution in [0.3, 0.4) is 0 Å². The third kappa shape index (κ3) is 65.3. The minimum Gasteiger partial charge on any atom is -0.462 e. The number of ether oxygens (including phenoxy) is 3. The van der Waals surface area contributed by atoms with E-state index in [4.69, 9.17) is 14.2 Å². The molecule has 1 atom stereocenters. The molecule has 0 fully saturated rings.